The van der Waals surface area contributed by atoms with E-state index in [0.717, 1.165) is 101 Å². The fourth-order valence-electron chi connectivity index (χ4n) is 7.73. The number of thiophene rings is 2. The summed E-state index contributed by atoms with van der Waals surface area (Å²) in [6.07, 6.45) is 12.4. The summed E-state index contributed by atoms with van der Waals surface area (Å²) >= 11 is 3.40. The van der Waals surface area contributed by atoms with Gasteiger partial charge in [-0.1, -0.05) is 12.1 Å². The second-order valence-corrected chi connectivity index (χ2v) is 16.0. The molecule has 268 valence electrons. The molecule has 0 saturated heterocycles. The minimum Gasteiger partial charge on any atom is -0.466 e. The molecule has 10 rings (SSSR count). The van der Waals surface area contributed by atoms with Gasteiger partial charge in [0, 0.05) is 40.2 Å². The first-order valence-corrected chi connectivity index (χ1v) is 19.8. The van der Waals surface area contributed by atoms with Crippen LogP contribution in [0.4, 0.5) is 23.0 Å². The molecule has 2 unspecified atom stereocenters. The van der Waals surface area contributed by atoms with Crippen LogP contribution in [0.2, 0.25) is 0 Å². The van der Waals surface area contributed by atoms with E-state index in [1.165, 1.54) is 37.6 Å². The van der Waals surface area contributed by atoms with Gasteiger partial charge in [0.05, 0.1) is 36.4 Å². The van der Waals surface area contributed by atoms with Crippen LogP contribution in [-0.4, -0.2) is 56.7 Å². The zero-order chi connectivity index (χ0) is 35.9. The Labute approximate surface area is 314 Å². The molecule has 0 saturated carbocycles. The molecule has 4 aromatic heterocycles. The van der Waals surface area contributed by atoms with Crippen molar-refractivity contribution in [1.29, 1.82) is 0 Å². The van der Waals surface area contributed by atoms with Crippen LogP contribution in [0.25, 0.3) is 20.4 Å². The van der Waals surface area contributed by atoms with E-state index in [9.17, 15) is 9.90 Å². The standard InChI is InChI=1S/C21H20N4O2S.C19H18N4OS/c1-2-27-21(26)12-4-6-16-17(8-12)28-20-18(16)19(23-11-24-20)25-15-5-3-13-9-22-10-14(13)7-15;24-9-11-1-4-15-16(5-11)25-19-17(15)18(21-10-22-19)23-14-3-2-12-7-20-8-13(12)6-14/h3,5,7,10-12H,2,4,6,8-9H2,1H3,(H,23,24,25);2-3,6,8,10-11,24H,1,4-5,7,9H2,(H,21,22,23). The summed E-state index contributed by atoms with van der Waals surface area (Å²) in [4.78, 5) is 43.4. The Balaban J connectivity index is 0.000000141. The third-order valence-electron chi connectivity index (χ3n) is 10.5. The predicted octanol–water partition coefficient (Wildman–Crippen LogP) is 7.50. The Morgan fingerprint density at radius 2 is 1.36 bits per heavy atom. The Bertz CT molecular complexity index is 2440. The highest BCUT2D eigenvalue weighted by Gasteiger charge is 2.30. The molecule has 0 spiro atoms. The predicted molar refractivity (Wildman–Crippen MR) is 212 cm³/mol. The molecule has 0 bridgehead atoms. The normalized spacial score (nSPS) is 17.8. The smallest absolute Gasteiger partial charge is 0.309 e. The van der Waals surface area contributed by atoms with Crippen molar-refractivity contribution in [1.82, 2.24) is 19.9 Å². The Morgan fingerprint density at radius 1 is 0.792 bits per heavy atom. The number of benzene rings is 2. The SMILES string of the molecule is CCOC(=O)C1CCc2c(sc3ncnc(Nc4ccc5c(c4)C=NC5)c23)C1.OCC1CCc2c(sc3ncnc(Nc4ccc5c(c4)C=NC5)c23)C1. The number of nitrogens with zero attached hydrogens (tertiary/aromatic N) is 6. The van der Waals surface area contributed by atoms with Crippen LogP contribution in [0.5, 0.6) is 0 Å². The summed E-state index contributed by atoms with van der Waals surface area (Å²) in [5.74, 6) is 1.93. The molecule has 0 radical (unpaired) electrons. The first-order chi connectivity index (χ1) is 26.0. The van der Waals surface area contributed by atoms with E-state index in [1.807, 2.05) is 19.4 Å². The number of esters is 1. The largest absolute Gasteiger partial charge is 0.466 e. The zero-order valence-electron chi connectivity index (χ0n) is 29.3. The maximum absolute atomic E-state index is 12.2. The molecular formula is C40H38N8O3S2. The number of aliphatic imine (C=N–C) groups is 2. The molecule has 3 N–H and O–H groups in total. The number of carbonyl (C=O) groups is 1. The van der Waals surface area contributed by atoms with Crippen molar-refractivity contribution in [2.24, 2.45) is 21.8 Å². The van der Waals surface area contributed by atoms with E-state index in [0.29, 0.717) is 12.5 Å². The van der Waals surface area contributed by atoms with Crippen LogP contribution in [0.3, 0.4) is 0 Å². The number of hydrogen-bond acceptors (Lipinski definition) is 13. The third kappa shape index (κ3) is 6.57. The van der Waals surface area contributed by atoms with Gasteiger partial charge in [-0.3, -0.25) is 14.8 Å². The lowest BCUT2D eigenvalue weighted by Crippen LogP contribution is -2.23. The number of aliphatic hydroxyl groups is 1. The molecule has 2 atom stereocenters. The van der Waals surface area contributed by atoms with Gasteiger partial charge < -0.3 is 20.5 Å². The van der Waals surface area contributed by atoms with Gasteiger partial charge in [0.2, 0.25) is 0 Å². The van der Waals surface area contributed by atoms with Gasteiger partial charge in [-0.2, -0.15) is 0 Å². The van der Waals surface area contributed by atoms with Crippen molar-refractivity contribution >= 4 is 84.5 Å². The highest BCUT2D eigenvalue weighted by atomic mass is 32.1. The van der Waals surface area contributed by atoms with Crippen molar-refractivity contribution < 1.29 is 14.6 Å². The van der Waals surface area contributed by atoms with E-state index in [-0.39, 0.29) is 18.5 Å². The molecule has 2 aliphatic heterocycles. The summed E-state index contributed by atoms with van der Waals surface area (Å²) in [7, 11) is 0. The summed E-state index contributed by atoms with van der Waals surface area (Å²) in [5.41, 5.74) is 9.48. The molecule has 4 aliphatic rings. The second kappa shape index (κ2) is 14.4. The number of fused-ring (bicyclic) bond motifs is 8. The van der Waals surface area contributed by atoms with Gasteiger partial charge >= 0.3 is 5.97 Å². The van der Waals surface area contributed by atoms with Gasteiger partial charge in [-0.15, -0.1) is 22.7 Å². The van der Waals surface area contributed by atoms with Crippen molar-refractivity contribution in [2.75, 3.05) is 23.8 Å². The van der Waals surface area contributed by atoms with Crippen LogP contribution in [0.15, 0.2) is 59.0 Å². The van der Waals surface area contributed by atoms with Crippen molar-refractivity contribution in [2.45, 2.75) is 58.5 Å². The zero-order valence-corrected chi connectivity index (χ0v) is 30.9. The van der Waals surface area contributed by atoms with Gasteiger partial charge in [0.25, 0.3) is 0 Å². The number of aromatic nitrogens is 4. The highest BCUT2D eigenvalue weighted by molar-refractivity contribution is 7.19. The number of anilines is 4. The van der Waals surface area contributed by atoms with Crippen LogP contribution < -0.4 is 10.6 Å². The fourth-order valence-corrected chi connectivity index (χ4v) is 10.3. The van der Waals surface area contributed by atoms with Crippen LogP contribution in [-0.2, 0) is 48.3 Å². The van der Waals surface area contributed by atoms with E-state index in [4.69, 9.17) is 4.74 Å². The lowest BCUT2D eigenvalue weighted by atomic mass is 9.88. The average molecular weight is 743 g/mol. The molecule has 2 aliphatic carbocycles. The average Bonchev–Trinajstić information content (AvgIpc) is 3.99. The van der Waals surface area contributed by atoms with Gasteiger partial charge in [-0.25, -0.2) is 19.9 Å². The maximum Gasteiger partial charge on any atom is 0.309 e. The topological polar surface area (TPSA) is 147 Å². The van der Waals surface area contributed by atoms with Gasteiger partial charge in [-0.05, 0) is 109 Å². The number of carbonyl (C=O) groups excluding carboxylic acids is 1. The van der Waals surface area contributed by atoms with Crippen LogP contribution in [0, 0.1) is 11.8 Å². The molecule has 0 fully saturated rings. The Hall–Kier alpha value is -5.11. The molecule has 11 nitrogen and oxygen atoms in total. The summed E-state index contributed by atoms with van der Waals surface area (Å²) < 4.78 is 5.22. The van der Waals surface area contributed by atoms with Crippen LogP contribution in [0.1, 0.15) is 62.9 Å². The summed E-state index contributed by atoms with van der Waals surface area (Å²) in [6.45, 7) is 4.08. The lowest BCUT2D eigenvalue weighted by molar-refractivity contribution is -0.148. The molecular weight excluding hydrogens is 705 g/mol. The van der Waals surface area contributed by atoms with E-state index in [2.05, 4.69) is 77.0 Å². The van der Waals surface area contributed by atoms with Crippen molar-refractivity contribution in [3.63, 3.8) is 0 Å². The molecule has 0 amide bonds. The number of nitrogens with one attached hydrogen (secondary N) is 2. The first kappa shape index (κ1) is 33.7. The molecule has 53 heavy (non-hydrogen) atoms. The summed E-state index contributed by atoms with van der Waals surface area (Å²) in [6, 6.07) is 12.6. The minimum atomic E-state index is -0.0881. The number of hydrogen-bond donors (Lipinski definition) is 3. The van der Waals surface area contributed by atoms with Gasteiger partial charge in [0.1, 0.15) is 34.0 Å². The fraction of sp³-hybridized carbons (Fsp3) is 0.325. The Kier molecular flexibility index (Phi) is 9.14. The molecule has 6 aromatic rings. The Morgan fingerprint density at radius 3 is 1.92 bits per heavy atom. The lowest BCUT2D eigenvalue weighted by Gasteiger charge is -2.20. The van der Waals surface area contributed by atoms with Crippen molar-refractivity contribution in [3.05, 3.63) is 92.2 Å². The monoisotopic (exact) mass is 742 g/mol. The van der Waals surface area contributed by atoms with E-state index >= 15 is 0 Å². The molecule has 13 heteroatoms. The van der Waals surface area contributed by atoms with E-state index < -0.39 is 0 Å². The number of ether oxygens (including phenoxy) is 1. The second-order valence-electron chi connectivity index (χ2n) is 13.8. The van der Waals surface area contributed by atoms with Gasteiger partial charge in [0.15, 0.2) is 0 Å². The minimum absolute atomic E-state index is 0.0547. The number of aliphatic hydroxyl groups excluding tert-OH is 1. The van der Waals surface area contributed by atoms with E-state index in [1.54, 1.807) is 35.3 Å². The molecule has 2 aromatic carbocycles. The number of aryl methyl sites for hydroxylation is 2. The highest BCUT2D eigenvalue weighted by Crippen LogP contribution is 2.42. The number of rotatable bonds is 7. The third-order valence-corrected chi connectivity index (χ3v) is 12.8. The quantitative estimate of drug-likeness (QED) is 0.142. The van der Waals surface area contributed by atoms with Crippen molar-refractivity contribution in [3.8, 4) is 0 Å². The summed E-state index contributed by atoms with van der Waals surface area (Å²) in [5, 5.41) is 18.7. The first-order valence-electron chi connectivity index (χ1n) is 18.1. The molecule has 6 heterocycles. The van der Waals surface area contributed by atoms with Crippen LogP contribution >= 0.6 is 22.7 Å². The maximum atomic E-state index is 12.2.